The third-order valence-corrected chi connectivity index (χ3v) is 4.07. The fourth-order valence-corrected chi connectivity index (χ4v) is 2.65. The van der Waals surface area contributed by atoms with Crippen LogP contribution in [0.4, 0.5) is 0 Å². The van der Waals surface area contributed by atoms with Crippen molar-refractivity contribution in [2.24, 2.45) is 5.73 Å². The van der Waals surface area contributed by atoms with Crippen LogP contribution in [-0.4, -0.2) is 46.2 Å². The first-order valence-electron chi connectivity index (χ1n) is 8.28. The molecule has 0 radical (unpaired) electrons. The Morgan fingerprint density at radius 3 is 2.61 bits per heavy atom. The molecule has 7 nitrogen and oxygen atoms in total. The number of ether oxygens (including phenoxy) is 1. The van der Waals surface area contributed by atoms with Gasteiger partial charge in [-0.3, -0.25) is 4.79 Å². The monoisotopic (exact) mass is 324 g/mol. The zero-order chi connectivity index (χ0) is 17.1. The van der Waals surface area contributed by atoms with Crippen LogP contribution in [0.15, 0.2) is 4.52 Å². The van der Waals surface area contributed by atoms with Gasteiger partial charge in [0.2, 0.25) is 5.89 Å². The molecule has 2 heterocycles. The number of rotatable bonds is 5. The molecule has 1 saturated heterocycles. The summed E-state index contributed by atoms with van der Waals surface area (Å²) in [5, 5.41) is 4.03. The summed E-state index contributed by atoms with van der Waals surface area (Å²) in [5.74, 6) is 0.719. The Labute approximate surface area is 137 Å². The molecular weight excluding hydrogens is 296 g/mol. The van der Waals surface area contributed by atoms with Gasteiger partial charge in [0.25, 0.3) is 0 Å². The molecule has 0 aromatic carbocycles. The van der Waals surface area contributed by atoms with E-state index in [9.17, 15) is 4.79 Å². The number of esters is 1. The van der Waals surface area contributed by atoms with Gasteiger partial charge in [-0.2, -0.15) is 4.98 Å². The molecule has 1 aromatic heterocycles. The molecule has 1 aliphatic rings. The molecule has 2 rings (SSSR count). The van der Waals surface area contributed by atoms with Gasteiger partial charge in [-0.1, -0.05) is 12.1 Å². The summed E-state index contributed by atoms with van der Waals surface area (Å²) in [6.45, 7) is 10.6. The molecule has 0 saturated carbocycles. The van der Waals surface area contributed by atoms with E-state index in [1.165, 1.54) is 0 Å². The molecule has 0 spiro atoms. The number of likely N-dealkylation sites (tertiary alicyclic amines) is 1. The number of hydrogen-bond donors (Lipinski definition) is 1. The molecule has 0 aliphatic carbocycles. The molecule has 1 aromatic rings. The zero-order valence-electron chi connectivity index (χ0n) is 14.6. The van der Waals surface area contributed by atoms with Crippen LogP contribution in [-0.2, 0) is 21.5 Å². The minimum atomic E-state index is -0.528. The van der Waals surface area contributed by atoms with E-state index in [0.29, 0.717) is 18.1 Å². The molecule has 1 aliphatic heterocycles. The third kappa shape index (κ3) is 5.00. The first kappa shape index (κ1) is 17.9. The molecule has 7 heteroatoms. The van der Waals surface area contributed by atoms with E-state index in [0.717, 1.165) is 32.5 Å². The largest absolute Gasteiger partial charge is 0.460 e. The van der Waals surface area contributed by atoms with Crippen molar-refractivity contribution >= 4 is 5.97 Å². The highest BCUT2D eigenvalue weighted by Gasteiger charge is 2.36. The van der Waals surface area contributed by atoms with Crippen LogP contribution < -0.4 is 5.73 Å². The summed E-state index contributed by atoms with van der Waals surface area (Å²) in [6.07, 6.45) is 2.22. The molecule has 0 amide bonds. The van der Waals surface area contributed by atoms with Gasteiger partial charge >= 0.3 is 5.97 Å². The number of carbonyl (C=O) groups excluding carboxylic acids is 1. The predicted molar refractivity (Wildman–Crippen MR) is 85.7 cm³/mol. The van der Waals surface area contributed by atoms with E-state index in [1.807, 2.05) is 20.8 Å². The van der Waals surface area contributed by atoms with Crippen molar-refractivity contribution in [1.29, 1.82) is 0 Å². The van der Waals surface area contributed by atoms with Crippen molar-refractivity contribution in [1.82, 2.24) is 15.0 Å². The molecule has 0 unspecified atom stereocenters. The van der Waals surface area contributed by atoms with E-state index in [2.05, 4.69) is 22.0 Å². The fraction of sp³-hybridized carbons (Fsp3) is 0.812. The van der Waals surface area contributed by atoms with Crippen molar-refractivity contribution in [3.63, 3.8) is 0 Å². The van der Waals surface area contributed by atoms with Crippen LogP contribution in [0.1, 0.15) is 58.7 Å². The Bertz CT molecular complexity index is 528. The van der Waals surface area contributed by atoms with Gasteiger partial charge in [0, 0.05) is 19.5 Å². The van der Waals surface area contributed by atoms with Crippen LogP contribution in [0.5, 0.6) is 0 Å². The SMILES string of the molecule is CCN1CCC(N)(c2noc(CCC(=O)OC(C)(C)C)n2)CC1. The summed E-state index contributed by atoms with van der Waals surface area (Å²) >= 11 is 0. The van der Waals surface area contributed by atoms with Crippen molar-refractivity contribution in [2.45, 2.75) is 64.5 Å². The van der Waals surface area contributed by atoms with E-state index >= 15 is 0 Å². The normalized spacial score (nSPS) is 18.8. The standard InChI is InChI=1S/C16H28N4O3/c1-5-20-10-8-16(17,9-11-20)14-18-12(23-19-14)6-7-13(21)22-15(2,3)4/h5-11,17H2,1-4H3. The summed E-state index contributed by atoms with van der Waals surface area (Å²) in [6, 6.07) is 0. The Balaban J connectivity index is 1.89. The average Bonchev–Trinajstić information content (AvgIpc) is 2.94. The van der Waals surface area contributed by atoms with Gasteiger partial charge < -0.3 is 19.9 Å². The maximum absolute atomic E-state index is 11.7. The maximum atomic E-state index is 11.7. The number of nitrogens with zero attached hydrogens (tertiary/aromatic N) is 3. The Morgan fingerprint density at radius 1 is 1.39 bits per heavy atom. The molecule has 2 N–H and O–H groups in total. The molecular formula is C16H28N4O3. The van der Waals surface area contributed by atoms with Crippen molar-refractivity contribution in [2.75, 3.05) is 19.6 Å². The van der Waals surface area contributed by atoms with Crippen LogP contribution in [0.3, 0.4) is 0 Å². The van der Waals surface area contributed by atoms with Gasteiger partial charge in [-0.15, -0.1) is 0 Å². The van der Waals surface area contributed by atoms with Crippen LogP contribution in [0.25, 0.3) is 0 Å². The van der Waals surface area contributed by atoms with Crippen molar-refractivity contribution in [3.8, 4) is 0 Å². The molecule has 0 bridgehead atoms. The topological polar surface area (TPSA) is 94.5 Å². The second kappa shape index (κ2) is 6.97. The molecule has 130 valence electrons. The highest BCUT2D eigenvalue weighted by molar-refractivity contribution is 5.70. The number of hydrogen-bond acceptors (Lipinski definition) is 7. The minimum absolute atomic E-state index is 0.222. The lowest BCUT2D eigenvalue weighted by molar-refractivity contribution is -0.154. The highest BCUT2D eigenvalue weighted by Crippen LogP contribution is 2.28. The van der Waals surface area contributed by atoms with Gasteiger partial charge in [0.05, 0.1) is 12.0 Å². The number of aromatic nitrogens is 2. The number of aryl methyl sites for hydroxylation is 1. The lowest BCUT2D eigenvalue weighted by atomic mass is 9.88. The highest BCUT2D eigenvalue weighted by atomic mass is 16.6. The van der Waals surface area contributed by atoms with E-state index in [-0.39, 0.29) is 12.4 Å². The number of nitrogens with two attached hydrogens (primary N) is 1. The van der Waals surface area contributed by atoms with Gasteiger partial charge in [0.15, 0.2) is 5.82 Å². The number of piperidine rings is 1. The smallest absolute Gasteiger partial charge is 0.306 e. The Morgan fingerprint density at radius 2 is 2.04 bits per heavy atom. The van der Waals surface area contributed by atoms with Crippen molar-refractivity contribution in [3.05, 3.63) is 11.7 Å². The minimum Gasteiger partial charge on any atom is -0.460 e. The fourth-order valence-electron chi connectivity index (χ4n) is 2.65. The summed E-state index contributed by atoms with van der Waals surface area (Å²) in [4.78, 5) is 18.5. The van der Waals surface area contributed by atoms with Gasteiger partial charge in [-0.25, -0.2) is 0 Å². The zero-order valence-corrected chi connectivity index (χ0v) is 14.6. The first-order valence-corrected chi connectivity index (χ1v) is 8.28. The lowest BCUT2D eigenvalue weighted by Crippen LogP contribution is -2.48. The molecule has 23 heavy (non-hydrogen) atoms. The van der Waals surface area contributed by atoms with E-state index in [4.69, 9.17) is 15.0 Å². The average molecular weight is 324 g/mol. The summed E-state index contributed by atoms with van der Waals surface area (Å²) in [7, 11) is 0. The van der Waals surface area contributed by atoms with Crippen molar-refractivity contribution < 1.29 is 14.1 Å². The Hall–Kier alpha value is -1.47. The predicted octanol–water partition coefficient (Wildman–Crippen LogP) is 1.61. The van der Waals surface area contributed by atoms with Crippen LogP contribution in [0.2, 0.25) is 0 Å². The first-order chi connectivity index (χ1) is 10.7. The second-order valence-corrected chi connectivity index (χ2v) is 7.19. The quantitative estimate of drug-likeness (QED) is 0.822. The summed E-state index contributed by atoms with van der Waals surface area (Å²) < 4.78 is 10.5. The summed E-state index contributed by atoms with van der Waals surface area (Å²) in [5.41, 5.74) is 5.44. The molecule has 0 atom stereocenters. The van der Waals surface area contributed by atoms with E-state index < -0.39 is 11.1 Å². The van der Waals surface area contributed by atoms with Gasteiger partial charge in [0.1, 0.15) is 5.60 Å². The lowest BCUT2D eigenvalue weighted by Gasteiger charge is -2.36. The number of carbonyl (C=O) groups is 1. The van der Waals surface area contributed by atoms with E-state index in [1.54, 1.807) is 0 Å². The van der Waals surface area contributed by atoms with Gasteiger partial charge in [-0.05, 0) is 40.2 Å². The second-order valence-electron chi connectivity index (χ2n) is 7.19. The van der Waals surface area contributed by atoms with Crippen LogP contribution in [0, 0.1) is 0 Å². The Kier molecular flexibility index (Phi) is 5.41. The van der Waals surface area contributed by atoms with Crippen LogP contribution >= 0.6 is 0 Å². The maximum Gasteiger partial charge on any atom is 0.306 e. The third-order valence-electron chi connectivity index (χ3n) is 4.07. The molecule has 1 fully saturated rings.